The van der Waals surface area contributed by atoms with Crippen LogP contribution in [-0.2, 0) is 9.59 Å². The largest absolute Gasteiger partial charge is 0.508 e. The number of amides is 1. The van der Waals surface area contributed by atoms with Crippen LogP contribution in [0, 0.1) is 0 Å². The predicted octanol–water partition coefficient (Wildman–Crippen LogP) is 4.48. The molecule has 0 radical (unpaired) electrons. The molecule has 188 valence electrons. The zero-order valence-electron chi connectivity index (χ0n) is 20.0. The Kier molecular flexibility index (Phi) is 8.53. The molecule has 8 nitrogen and oxygen atoms in total. The summed E-state index contributed by atoms with van der Waals surface area (Å²) in [6, 6.07) is 6.65. The summed E-state index contributed by atoms with van der Waals surface area (Å²) in [6.07, 6.45) is 0. The number of phenols is 1. The molecule has 0 spiro atoms. The first-order chi connectivity index (χ1) is 16.7. The van der Waals surface area contributed by atoms with Gasteiger partial charge < -0.3 is 29.5 Å². The molecule has 1 aliphatic rings. The van der Waals surface area contributed by atoms with Crippen LogP contribution in [0.2, 0.25) is 10.0 Å². The molecule has 0 saturated carbocycles. The van der Waals surface area contributed by atoms with Gasteiger partial charge in [0, 0.05) is 13.1 Å². The van der Waals surface area contributed by atoms with Gasteiger partial charge in [-0.25, -0.2) is 0 Å². The van der Waals surface area contributed by atoms with Crippen LogP contribution in [0.1, 0.15) is 31.0 Å². The number of ketones is 1. The molecule has 1 amide bonds. The number of Topliss-reactive ketones (excluding diaryl/α,β-unsaturated/α-hetero) is 1. The van der Waals surface area contributed by atoms with E-state index in [1.807, 2.05) is 13.8 Å². The Bertz CT molecular complexity index is 1160. The van der Waals surface area contributed by atoms with Gasteiger partial charge in [0.15, 0.2) is 11.5 Å². The highest BCUT2D eigenvalue weighted by molar-refractivity contribution is 6.47. The first-order valence-electron chi connectivity index (χ1n) is 11.1. The molecule has 1 heterocycles. The number of aromatic hydroxyl groups is 1. The summed E-state index contributed by atoms with van der Waals surface area (Å²) in [5.41, 5.74) is 0.348. The number of rotatable bonds is 9. The van der Waals surface area contributed by atoms with E-state index in [9.17, 15) is 19.8 Å². The van der Waals surface area contributed by atoms with Gasteiger partial charge in [-0.15, -0.1) is 0 Å². The number of hydrogen-bond donors (Lipinski definition) is 2. The average molecular weight is 523 g/mol. The fraction of sp³-hybridized carbons (Fsp3) is 0.360. The maximum atomic E-state index is 13.3. The number of halogens is 2. The number of aliphatic hydroxyl groups is 1. The quantitative estimate of drug-likeness (QED) is 0.284. The lowest BCUT2D eigenvalue weighted by atomic mass is 9.94. The third-order valence-electron chi connectivity index (χ3n) is 6.07. The number of phenolic OH excluding ortho intramolecular Hbond substituents is 1. The Morgan fingerprint density at radius 1 is 1.09 bits per heavy atom. The van der Waals surface area contributed by atoms with Gasteiger partial charge in [0.25, 0.3) is 11.7 Å². The third-order valence-corrected chi connectivity index (χ3v) is 6.70. The van der Waals surface area contributed by atoms with E-state index in [0.29, 0.717) is 12.1 Å². The molecular formula is C25H28Cl2N2O6. The maximum Gasteiger partial charge on any atom is 0.295 e. The lowest BCUT2D eigenvalue weighted by Gasteiger charge is -2.28. The fourth-order valence-corrected chi connectivity index (χ4v) is 4.92. The van der Waals surface area contributed by atoms with E-state index in [1.165, 1.54) is 37.3 Å². The monoisotopic (exact) mass is 522 g/mol. The number of aliphatic hydroxyl groups excluding tert-OH is 1. The Labute approximate surface area is 214 Å². The first kappa shape index (κ1) is 26.7. The second kappa shape index (κ2) is 11.2. The van der Waals surface area contributed by atoms with E-state index in [4.69, 9.17) is 32.7 Å². The van der Waals surface area contributed by atoms with Crippen molar-refractivity contribution < 1.29 is 29.3 Å². The van der Waals surface area contributed by atoms with Gasteiger partial charge in [0.05, 0.1) is 36.4 Å². The van der Waals surface area contributed by atoms with Crippen molar-refractivity contribution >= 4 is 40.7 Å². The van der Waals surface area contributed by atoms with Crippen LogP contribution in [0.5, 0.6) is 17.2 Å². The van der Waals surface area contributed by atoms with Crippen molar-refractivity contribution in [2.45, 2.75) is 19.9 Å². The number of carbonyl (C=O) groups is 2. The van der Waals surface area contributed by atoms with Crippen molar-refractivity contribution in [3.8, 4) is 17.2 Å². The molecule has 1 fully saturated rings. The normalized spacial score (nSPS) is 17.3. The summed E-state index contributed by atoms with van der Waals surface area (Å²) in [5, 5.41) is 21.6. The van der Waals surface area contributed by atoms with E-state index < -0.39 is 23.5 Å². The van der Waals surface area contributed by atoms with Gasteiger partial charge in [0.2, 0.25) is 0 Å². The molecule has 1 saturated heterocycles. The molecule has 2 aromatic carbocycles. The average Bonchev–Trinajstić information content (AvgIpc) is 3.09. The van der Waals surface area contributed by atoms with Gasteiger partial charge in [-0.3, -0.25) is 9.59 Å². The number of hydrogen-bond acceptors (Lipinski definition) is 7. The van der Waals surface area contributed by atoms with Crippen molar-refractivity contribution in [3.05, 3.63) is 57.1 Å². The van der Waals surface area contributed by atoms with Crippen molar-refractivity contribution in [2.24, 2.45) is 0 Å². The molecule has 1 atom stereocenters. The van der Waals surface area contributed by atoms with Crippen LogP contribution >= 0.6 is 23.2 Å². The van der Waals surface area contributed by atoms with Crippen molar-refractivity contribution in [2.75, 3.05) is 40.4 Å². The zero-order chi connectivity index (χ0) is 25.9. The lowest BCUT2D eigenvalue weighted by molar-refractivity contribution is -0.140. The van der Waals surface area contributed by atoms with Crippen molar-refractivity contribution in [3.63, 3.8) is 0 Å². The second-order valence-corrected chi connectivity index (χ2v) is 8.69. The number of ether oxygens (including phenoxy) is 2. The van der Waals surface area contributed by atoms with E-state index in [1.54, 1.807) is 12.1 Å². The minimum atomic E-state index is -0.943. The topological polar surface area (TPSA) is 99.5 Å². The standard InChI is InChI=1S/C25H28Cl2N2O6/c1-5-28(6-2)10-11-29-20(14-8-7-9-15(30)12-14)18(22(32)25(29)33)21(31)16-13-17(26)24(35-4)19(27)23(16)34-3/h7-9,12-13,20,30-31H,5-6,10-11H2,1-4H3/b21-18+. The van der Waals surface area contributed by atoms with Gasteiger partial charge in [0.1, 0.15) is 16.5 Å². The Morgan fingerprint density at radius 2 is 1.74 bits per heavy atom. The zero-order valence-corrected chi connectivity index (χ0v) is 21.5. The number of methoxy groups -OCH3 is 2. The molecule has 0 aromatic heterocycles. The molecular weight excluding hydrogens is 495 g/mol. The third kappa shape index (κ3) is 5.05. The Morgan fingerprint density at radius 3 is 2.31 bits per heavy atom. The van der Waals surface area contributed by atoms with Crippen LogP contribution < -0.4 is 9.47 Å². The summed E-state index contributed by atoms with van der Waals surface area (Å²) in [7, 11) is 2.73. The van der Waals surface area contributed by atoms with Crippen LogP contribution in [0.25, 0.3) is 5.76 Å². The molecule has 35 heavy (non-hydrogen) atoms. The predicted molar refractivity (Wildman–Crippen MR) is 134 cm³/mol. The number of carbonyl (C=O) groups excluding carboxylic acids is 2. The van der Waals surface area contributed by atoms with Gasteiger partial charge in [-0.1, -0.05) is 49.2 Å². The highest BCUT2D eigenvalue weighted by atomic mass is 35.5. The molecule has 10 heteroatoms. The summed E-state index contributed by atoms with van der Waals surface area (Å²) >= 11 is 12.7. The number of likely N-dealkylation sites (tertiary alicyclic amines) is 1. The highest BCUT2D eigenvalue weighted by Crippen LogP contribution is 2.47. The van der Waals surface area contributed by atoms with Crippen LogP contribution in [0.4, 0.5) is 0 Å². The van der Waals surface area contributed by atoms with E-state index in [-0.39, 0.29) is 45.0 Å². The van der Waals surface area contributed by atoms with Crippen molar-refractivity contribution in [1.82, 2.24) is 9.80 Å². The minimum absolute atomic E-state index is 0.00807. The summed E-state index contributed by atoms with van der Waals surface area (Å²) in [4.78, 5) is 29.9. The molecule has 1 unspecified atom stereocenters. The first-order valence-corrected chi connectivity index (χ1v) is 11.9. The summed E-state index contributed by atoms with van der Waals surface area (Å²) in [5.74, 6) is -1.96. The van der Waals surface area contributed by atoms with Crippen LogP contribution in [-0.4, -0.2) is 72.1 Å². The molecule has 3 rings (SSSR count). The van der Waals surface area contributed by atoms with Crippen LogP contribution in [0.3, 0.4) is 0 Å². The van der Waals surface area contributed by atoms with Gasteiger partial charge in [-0.2, -0.15) is 0 Å². The smallest absolute Gasteiger partial charge is 0.295 e. The number of likely N-dealkylation sites (N-methyl/N-ethyl adjacent to an activating group) is 1. The summed E-state index contributed by atoms with van der Waals surface area (Å²) < 4.78 is 10.6. The Balaban J connectivity index is 2.23. The van der Waals surface area contributed by atoms with Gasteiger partial charge in [-0.05, 0) is 36.9 Å². The summed E-state index contributed by atoms with van der Waals surface area (Å²) in [6.45, 7) is 6.33. The molecule has 0 bridgehead atoms. The van der Waals surface area contributed by atoms with E-state index in [0.717, 1.165) is 13.1 Å². The maximum absolute atomic E-state index is 13.3. The second-order valence-electron chi connectivity index (χ2n) is 7.90. The highest BCUT2D eigenvalue weighted by Gasteiger charge is 2.46. The van der Waals surface area contributed by atoms with E-state index in [2.05, 4.69) is 4.90 Å². The van der Waals surface area contributed by atoms with Crippen LogP contribution in [0.15, 0.2) is 35.9 Å². The molecule has 2 N–H and O–H groups in total. The molecule has 2 aromatic rings. The van der Waals surface area contributed by atoms with E-state index >= 15 is 0 Å². The van der Waals surface area contributed by atoms with Crippen molar-refractivity contribution in [1.29, 1.82) is 0 Å². The Hall–Kier alpha value is -2.94. The molecule has 0 aliphatic carbocycles. The number of benzene rings is 2. The fourth-order valence-electron chi connectivity index (χ4n) is 4.23. The minimum Gasteiger partial charge on any atom is -0.508 e. The molecule has 1 aliphatic heterocycles. The number of nitrogens with zero attached hydrogens (tertiary/aromatic N) is 2. The van der Waals surface area contributed by atoms with Gasteiger partial charge >= 0.3 is 0 Å². The SMILES string of the molecule is CCN(CC)CCN1C(=O)C(=O)/C(=C(/O)c2cc(Cl)c(OC)c(Cl)c2OC)C1c1cccc(O)c1. The lowest BCUT2D eigenvalue weighted by Crippen LogP contribution is -2.38.